The quantitative estimate of drug-likeness (QED) is 0.869. The van der Waals surface area contributed by atoms with Gasteiger partial charge in [-0.2, -0.15) is 0 Å². The molecule has 1 saturated heterocycles. The van der Waals surface area contributed by atoms with Gasteiger partial charge in [-0.25, -0.2) is 0 Å². The van der Waals surface area contributed by atoms with E-state index >= 15 is 0 Å². The smallest absolute Gasteiger partial charge is 0.133 e. The third kappa shape index (κ3) is 5.21. The summed E-state index contributed by atoms with van der Waals surface area (Å²) in [5.41, 5.74) is 2.61. The molecule has 4 heteroatoms. The van der Waals surface area contributed by atoms with Crippen LogP contribution in [0, 0.1) is 0 Å². The number of aliphatic hydroxyl groups excluding tert-OH is 1. The predicted octanol–water partition coefficient (Wildman–Crippen LogP) is 2.37. The van der Waals surface area contributed by atoms with Crippen molar-refractivity contribution in [3.05, 3.63) is 29.6 Å². The van der Waals surface area contributed by atoms with E-state index in [2.05, 4.69) is 42.8 Å². The molecule has 0 amide bonds. The second-order valence-corrected chi connectivity index (χ2v) is 6.47. The van der Waals surface area contributed by atoms with Gasteiger partial charge in [0.1, 0.15) is 6.29 Å². The number of likely N-dealkylation sites (tertiary alicyclic amines) is 1. The number of pyridine rings is 1. The van der Waals surface area contributed by atoms with Crippen LogP contribution in [-0.2, 0) is 10.2 Å². The van der Waals surface area contributed by atoms with Gasteiger partial charge in [0.05, 0.1) is 6.54 Å². The van der Waals surface area contributed by atoms with Crippen LogP contribution < -0.4 is 0 Å². The summed E-state index contributed by atoms with van der Waals surface area (Å²) in [4.78, 5) is 17.3. The van der Waals surface area contributed by atoms with Crippen LogP contribution in [0.15, 0.2) is 18.3 Å². The Bertz CT molecular complexity index is 415. The van der Waals surface area contributed by atoms with Gasteiger partial charge in [-0.15, -0.1) is 0 Å². The summed E-state index contributed by atoms with van der Waals surface area (Å²) in [5, 5.41) is 7.00. The average Bonchev–Trinajstić information content (AvgIpc) is 2.50. The zero-order chi connectivity index (χ0) is 15.9. The van der Waals surface area contributed by atoms with E-state index in [1.165, 1.54) is 5.56 Å². The van der Waals surface area contributed by atoms with Gasteiger partial charge in [-0.3, -0.25) is 9.88 Å². The number of carbonyl (C=O) groups is 1. The number of rotatable bonds is 3. The standard InChI is InChI=1S/C16H24N2O.CH4O/c1-16(2,3)15-5-4-14(12-17-15)13-6-8-18(9-7-13)10-11-19;1-2/h4-5,11-13H,6-10H2,1-3H3;2H,1H3. The van der Waals surface area contributed by atoms with Crippen molar-refractivity contribution >= 4 is 6.29 Å². The number of aliphatic hydroxyl groups is 1. The van der Waals surface area contributed by atoms with E-state index in [-0.39, 0.29) is 5.41 Å². The Balaban J connectivity index is 0.00000106. The van der Waals surface area contributed by atoms with E-state index in [1.807, 2.05) is 6.20 Å². The van der Waals surface area contributed by atoms with Gasteiger partial charge in [0.2, 0.25) is 0 Å². The number of hydrogen-bond donors (Lipinski definition) is 1. The molecule has 1 fully saturated rings. The second kappa shape index (κ2) is 8.25. The minimum Gasteiger partial charge on any atom is -0.400 e. The van der Waals surface area contributed by atoms with Crippen LogP contribution in [-0.4, -0.2) is 48.0 Å². The van der Waals surface area contributed by atoms with Gasteiger partial charge < -0.3 is 9.90 Å². The summed E-state index contributed by atoms with van der Waals surface area (Å²) in [6, 6.07) is 4.39. The highest BCUT2D eigenvalue weighted by Gasteiger charge is 2.21. The molecule has 0 aliphatic carbocycles. The first kappa shape index (κ1) is 17.8. The molecular weight excluding hydrogens is 264 g/mol. The van der Waals surface area contributed by atoms with Gasteiger partial charge in [-0.1, -0.05) is 26.8 Å². The van der Waals surface area contributed by atoms with E-state index in [0.29, 0.717) is 12.5 Å². The molecule has 4 nitrogen and oxygen atoms in total. The Kier molecular flexibility index (Phi) is 6.99. The fourth-order valence-corrected chi connectivity index (χ4v) is 2.64. The summed E-state index contributed by atoms with van der Waals surface area (Å²) >= 11 is 0. The Labute approximate surface area is 128 Å². The minimum absolute atomic E-state index is 0.117. The molecule has 0 spiro atoms. The van der Waals surface area contributed by atoms with E-state index in [1.54, 1.807) is 0 Å². The summed E-state index contributed by atoms with van der Waals surface area (Å²) in [5.74, 6) is 0.601. The van der Waals surface area contributed by atoms with Crippen LogP contribution in [0.5, 0.6) is 0 Å². The molecule has 0 bridgehead atoms. The van der Waals surface area contributed by atoms with Gasteiger partial charge in [0, 0.05) is 24.4 Å². The third-order valence-corrected chi connectivity index (χ3v) is 3.95. The summed E-state index contributed by atoms with van der Waals surface area (Å²) in [7, 11) is 1.00. The molecular formula is C17H28N2O2. The molecule has 0 atom stereocenters. The van der Waals surface area contributed by atoms with Crippen LogP contribution in [0.25, 0.3) is 0 Å². The predicted molar refractivity (Wildman–Crippen MR) is 85.6 cm³/mol. The van der Waals surface area contributed by atoms with Crippen molar-refractivity contribution < 1.29 is 9.90 Å². The van der Waals surface area contributed by atoms with Crippen molar-refractivity contribution in [3.8, 4) is 0 Å². The Morgan fingerprint density at radius 1 is 1.29 bits per heavy atom. The molecule has 0 unspecified atom stereocenters. The molecule has 0 saturated carbocycles. The average molecular weight is 292 g/mol. The van der Waals surface area contributed by atoms with Gasteiger partial charge >= 0.3 is 0 Å². The molecule has 2 heterocycles. The molecule has 1 aliphatic rings. The third-order valence-electron chi connectivity index (χ3n) is 3.95. The van der Waals surface area contributed by atoms with E-state index in [4.69, 9.17) is 5.11 Å². The number of piperidine rings is 1. The van der Waals surface area contributed by atoms with Crippen molar-refractivity contribution in [2.24, 2.45) is 0 Å². The number of carbonyl (C=O) groups excluding carboxylic acids is 1. The summed E-state index contributed by atoms with van der Waals surface area (Å²) < 4.78 is 0. The van der Waals surface area contributed by atoms with Gasteiger partial charge in [-0.05, 0) is 43.5 Å². The molecule has 0 aromatic carbocycles. The lowest BCUT2D eigenvalue weighted by Crippen LogP contribution is -2.34. The number of aldehydes is 1. The zero-order valence-corrected chi connectivity index (χ0v) is 13.7. The van der Waals surface area contributed by atoms with E-state index < -0.39 is 0 Å². The van der Waals surface area contributed by atoms with Crippen LogP contribution in [0.2, 0.25) is 0 Å². The van der Waals surface area contributed by atoms with Gasteiger partial charge in [0.15, 0.2) is 0 Å². The molecule has 0 radical (unpaired) electrons. The van der Waals surface area contributed by atoms with Crippen molar-refractivity contribution in [2.75, 3.05) is 26.7 Å². The van der Waals surface area contributed by atoms with Gasteiger partial charge in [0.25, 0.3) is 0 Å². The van der Waals surface area contributed by atoms with Crippen molar-refractivity contribution in [3.63, 3.8) is 0 Å². The number of hydrogen-bond acceptors (Lipinski definition) is 4. The lowest BCUT2D eigenvalue weighted by atomic mass is 9.88. The molecule has 1 N–H and O–H groups in total. The highest BCUT2D eigenvalue weighted by molar-refractivity contribution is 5.52. The fraction of sp³-hybridized carbons (Fsp3) is 0.647. The van der Waals surface area contributed by atoms with Crippen molar-refractivity contribution in [1.29, 1.82) is 0 Å². The topological polar surface area (TPSA) is 53.4 Å². The highest BCUT2D eigenvalue weighted by Crippen LogP contribution is 2.28. The summed E-state index contributed by atoms with van der Waals surface area (Å²) in [6.07, 6.45) is 5.30. The van der Waals surface area contributed by atoms with E-state index in [0.717, 1.165) is 45.0 Å². The minimum atomic E-state index is 0.117. The van der Waals surface area contributed by atoms with Crippen LogP contribution in [0.4, 0.5) is 0 Å². The Morgan fingerprint density at radius 3 is 2.33 bits per heavy atom. The molecule has 1 aromatic rings. The first-order chi connectivity index (χ1) is 10.0. The fourth-order valence-electron chi connectivity index (χ4n) is 2.64. The maximum atomic E-state index is 10.5. The SMILES string of the molecule is CC(C)(C)c1ccc(C2CCN(CC=O)CC2)cn1.CO. The zero-order valence-electron chi connectivity index (χ0n) is 13.7. The second-order valence-electron chi connectivity index (χ2n) is 6.47. The molecule has 1 aromatic heterocycles. The molecule has 118 valence electrons. The number of nitrogens with zero attached hydrogens (tertiary/aromatic N) is 2. The molecule has 2 rings (SSSR count). The lowest BCUT2D eigenvalue weighted by molar-refractivity contribution is -0.109. The highest BCUT2D eigenvalue weighted by atomic mass is 16.2. The van der Waals surface area contributed by atoms with Crippen LogP contribution >= 0.6 is 0 Å². The van der Waals surface area contributed by atoms with E-state index in [9.17, 15) is 4.79 Å². The summed E-state index contributed by atoms with van der Waals surface area (Å²) in [6.45, 7) is 9.18. The molecule has 1 aliphatic heterocycles. The van der Waals surface area contributed by atoms with Crippen LogP contribution in [0.1, 0.15) is 50.8 Å². The largest absolute Gasteiger partial charge is 0.400 e. The number of aromatic nitrogens is 1. The van der Waals surface area contributed by atoms with Crippen molar-refractivity contribution in [2.45, 2.75) is 44.9 Å². The maximum absolute atomic E-state index is 10.5. The van der Waals surface area contributed by atoms with Crippen molar-refractivity contribution in [1.82, 2.24) is 9.88 Å². The van der Waals surface area contributed by atoms with Crippen LogP contribution in [0.3, 0.4) is 0 Å². The lowest BCUT2D eigenvalue weighted by Gasteiger charge is -2.30. The Hall–Kier alpha value is -1.26. The first-order valence-corrected chi connectivity index (χ1v) is 7.58. The maximum Gasteiger partial charge on any atom is 0.133 e. The molecule has 21 heavy (non-hydrogen) atoms. The monoisotopic (exact) mass is 292 g/mol. The normalized spacial score (nSPS) is 17.0. The first-order valence-electron chi connectivity index (χ1n) is 7.58. The Morgan fingerprint density at radius 2 is 1.90 bits per heavy atom.